The maximum absolute atomic E-state index is 3.79. The van der Waals surface area contributed by atoms with Crippen LogP contribution in [0.15, 0.2) is 22.7 Å². The van der Waals surface area contributed by atoms with Crippen molar-refractivity contribution in [2.75, 3.05) is 5.32 Å². The minimum atomic E-state index is 0.638. The van der Waals surface area contributed by atoms with Crippen LogP contribution in [-0.2, 0) is 0 Å². The van der Waals surface area contributed by atoms with Crippen molar-refractivity contribution in [3.05, 3.63) is 28.2 Å². The summed E-state index contributed by atoms with van der Waals surface area (Å²) in [6, 6.07) is 7.34. The van der Waals surface area contributed by atoms with E-state index in [0.717, 1.165) is 6.04 Å². The molecule has 1 atom stereocenters. The Kier molecular flexibility index (Phi) is 3.40. The summed E-state index contributed by atoms with van der Waals surface area (Å²) in [6.45, 7) is 2.16. The molecule has 0 aliphatic heterocycles. The Labute approximate surface area is 118 Å². The number of nitrogens with one attached hydrogen (secondary N) is 1. The topological polar surface area (TPSA) is 12.0 Å². The van der Waals surface area contributed by atoms with Gasteiger partial charge in [0.05, 0.1) is 0 Å². The van der Waals surface area contributed by atoms with Gasteiger partial charge in [-0.15, -0.1) is 0 Å². The highest BCUT2D eigenvalue weighted by Gasteiger charge is 2.46. The second-order valence-electron chi connectivity index (χ2n) is 6.12. The lowest BCUT2D eigenvalue weighted by atomic mass is 9.57. The molecular weight excluding hydrogens is 286 g/mol. The van der Waals surface area contributed by atoms with Crippen LogP contribution in [-0.4, -0.2) is 6.04 Å². The van der Waals surface area contributed by atoms with Gasteiger partial charge in [0.15, 0.2) is 0 Å². The maximum Gasteiger partial charge on any atom is 0.0345 e. The van der Waals surface area contributed by atoms with Gasteiger partial charge < -0.3 is 5.32 Å². The van der Waals surface area contributed by atoms with E-state index in [4.69, 9.17) is 0 Å². The number of aryl methyl sites for hydroxylation is 1. The quantitative estimate of drug-likeness (QED) is 0.783. The van der Waals surface area contributed by atoms with Crippen LogP contribution < -0.4 is 5.32 Å². The van der Waals surface area contributed by atoms with Crippen LogP contribution in [0.4, 0.5) is 5.69 Å². The van der Waals surface area contributed by atoms with Gasteiger partial charge in [-0.05, 0) is 61.8 Å². The van der Waals surface area contributed by atoms with Crippen LogP contribution in [0.2, 0.25) is 0 Å². The summed E-state index contributed by atoms with van der Waals surface area (Å²) < 4.78 is 1.20. The maximum atomic E-state index is 3.79. The van der Waals surface area contributed by atoms with Crippen molar-refractivity contribution in [3.63, 3.8) is 0 Å². The number of anilines is 1. The zero-order valence-corrected chi connectivity index (χ0v) is 12.7. The SMILES string of the molecule is Cc1cc(NC2CCC23CCCCC3)ccc1Br. The molecule has 2 fully saturated rings. The lowest BCUT2D eigenvalue weighted by Crippen LogP contribution is -2.50. The van der Waals surface area contributed by atoms with Gasteiger partial charge in [0.25, 0.3) is 0 Å². The fourth-order valence-electron chi connectivity index (χ4n) is 3.71. The molecule has 98 valence electrons. The van der Waals surface area contributed by atoms with E-state index in [1.165, 1.54) is 60.7 Å². The van der Waals surface area contributed by atoms with Gasteiger partial charge in [0.2, 0.25) is 0 Å². The summed E-state index contributed by atoms with van der Waals surface area (Å²) in [4.78, 5) is 0. The Morgan fingerprint density at radius 3 is 2.56 bits per heavy atom. The van der Waals surface area contributed by atoms with Crippen molar-refractivity contribution >= 4 is 21.6 Å². The van der Waals surface area contributed by atoms with Gasteiger partial charge in [0, 0.05) is 16.2 Å². The Hall–Kier alpha value is -0.500. The van der Waals surface area contributed by atoms with E-state index in [1.54, 1.807) is 0 Å². The smallest absolute Gasteiger partial charge is 0.0345 e. The van der Waals surface area contributed by atoms with Crippen molar-refractivity contribution in [3.8, 4) is 0 Å². The van der Waals surface area contributed by atoms with Crippen molar-refractivity contribution < 1.29 is 0 Å². The van der Waals surface area contributed by atoms with Crippen molar-refractivity contribution in [1.29, 1.82) is 0 Å². The Bertz CT molecular complexity index is 435. The van der Waals surface area contributed by atoms with Gasteiger partial charge in [-0.25, -0.2) is 0 Å². The second-order valence-corrected chi connectivity index (χ2v) is 6.98. The lowest BCUT2D eigenvalue weighted by Gasteiger charge is -2.52. The zero-order chi connectivity index (χ0) is 12.6. The highest BCUT2D eigenvalue weighted by molar-refractivity contribution is 9.10. The number of hydrogen-bond donors (Lipinski definition) is 1. The third kappa shape index (κ3) is 2.20. The van der Waals surface area contributed by atoms with Crippen LogP contribution in [0.5, 0.6) is 0 Å². The van der Waals surface area contributed by atoms with Crippen LogP contribution in [0, 0.1) is 12.3 Å². The summed E-state index contributed by atoms with van der Waals surface area (Å²) in [5.74, 6) is 0. The third-order valence-electron chi connectivity index (χ3n) is 5.02. The highest BCUT2D eigenvalue weighted by atomic mass is 79.9. The van der Waals surface area contributed by atoms with E-state index in [0.29, 0.717) is 5.41 Å². The summed E-state index contributed by atoms with van der Waals surface area (Å²) in [6.07, 6.45) is 10.0. The molecule has 1 aromatic rings. The molecule has 2 aliphatic carbocycles. The van der Waals surface area contributed by atoms with Crippen molar-refractivity contribution in [1.82, 2.24) is 0 Å². The van der Waals surface area contributed by atoms with Gasteiger partial charge in [0.1, 0.15) is 0 Å². The van der Waals surface area contributed by atoms with E-state index in [9.17, 15) is 0 Å². The van der Waals surface area contributed by atoms with E-state index in [-0.39, 0.29) is 0 Å². The molecule has 0 aromatic heterocycles. The van der Waals surface area contributed by atoms with Gasteiger partial charge in [-0.3, -0.25) is 0 Å². The number of halogens is 1. The van der Waals surface area contributed by atoms with Crippen molar-refractivity contribution in [2.24, 2.45) is 5.41 Å². The largest absolute Gasteiger partial charge is 0.382 e. The first-order valence-electron chi connectivity index (χ1n) is 7.22. The Balaban J connectivity index is 1.70. The Morgan fingerprint density at radius 2 is 1.94 bits per heavy atom. The van der Waals surface area contributed by atoms with E-state index in [1.807, 2.05) is 0 Å². The molecule has 3 rings (SSSR count). The highest BCUT2D eigenvalue weighted by Crippen LogP contribution is 2.52. The van der Waals surface area contributed by atoms with E-state index in [2.05, 4.69) is 46.4 Å². The first-order chi connectivity index (χ1) is 8.70. The fraction of sp³-hybridized carbons (Fsp3) is 0.625. The van der Waals surface area contributed by atoms with Crippen molar-refractivity contribution in [2.45, 2.75) is 57.9 Å². The van der Waals surface area contributed by atoms with Crippen LogP contribution in [0.3, 0.4) is 0 Å². The molecule has 18 heavy (non-hydrogen) atoms. The number of rotatable bonds is 2. The molecule has 1 N–H and O–H groups in total. The molecular formula is C16H22BrN. The normalized spacial score (nSPS) is 25.8. The summed E-state index contributed by atoms with van der Waals surface area (Å²) in [5.41, 5.74) is 3.25. The molecule has 2 heteroatoms. The molecule has 1 aromatic carbocycles. The summed E-state index contributed by atoms with van der Waals surface area (Å²) in [5, 5.41) is 3.79. The predicted molar refractivity (Wildman–Crippen MR) is 81.0 cm³/mol. The summed E-state index contributed by atoms with van der Waals surface area (Å²) in [7, 11) is 0. The molecule has 0 amide bonds. The monoisotopic (exact) mass is 307 g/mol. The molecule has 0 saturated heterocycles. The van der Waals surface area contributed by atoms with E-state index >= 15 is 0 Å². The van der Waals surface area contributed by atoms with Gasteiger partial charge in [-0.2, -0.15) is 0 Å². The molecule has 2 saturated carbocycles. The third-order valence-corrected chi connectivity index (χ3v) is 5.91. The second kappa shape index (κ2) is 4.88. The number of hydrogen-bond acceptors (Lipinski definition) is 1. The average molecular weight is 308 g/mol. The van der Waals surface area contributed by atoms with Gasteiger partial charge in [-0.1, -0.05) is 35.2 Å². The van der Waals surface area contributed by atoms with Crippen LogP contribution >= 0.6 is 15.9 Å². The molecule has 0 heterocycles. The standard InChI is InChI=1S/C16H22BrN/c1-12-11-13(5-6-14(12)17)18-15-7-10-16(15)8-3-2-4-9-16/h5-6,11,15,18H,2-4,7-10H2,1H3. The summed E-state index contributed by atoms with van der Waals surface area (Å²) >= 11 is 3.57. The molecule has 1 spiro atoms. The first-order valence-corrected chi connectivity index (χ1v) is 8.02. The molecule has 0 radical (unpaired) electrons. The Morgan fingerprint density at radius 1 is 1.17 bits per heavy atom. The molecule has 0 bridgehead atoms. The average Bonchev–Trinajstić information content (AvgIpc) is 2.40. The van der Waals surface area contributed by atoms with Crippen LogP contribution in [0.25, 0.3) is 0 Å². The minimum Gasteiger partial charge on any atom is -0.382 e. The minimum absolute atomic E-state index is 0.638. The van der Waals surface area contributed by atoms with Gasteiger partial charge >= 0.3 is 0 Å². The predicted octanol–water partition coefficient (Wildman–Crippen LogP) is 5.28. The first kappa shape index (κ1) is 12.5. The zero-order valence-electron chi connectivity index (χ0n) is 11.1. The molecule has 2 aliphatic rings. The van der Waals surface area contributed by atoms with E-state index < -0.39 is 0 Å². The number of benzene rings is 1. The van der Waals surface area contributed by atoms with Crippen LogP contribution in [0.1, 0.15) is 50.5 Å². The molecule has 1 nitrogen and oxygen atoms in total. The lowest BCUT2D eigenvalue weighted by molar-refractivity contribution is 0.0571. The molecule has 1 unspecified atom stereocenters. The fourth-order valence-corrected chi connectivity index (χ4v) is 3.96.